The van der Waals surface area contributed by atoms with Gasteiger partial charge in [-0.2, -0.15) is 15.3 Å². The number of rotatable bonds is 20. The quantitative estimate of drug-likeness (QED) is 0.0313. The lowest BCUT2D eigenvalue weighted by atomic mass is 9.92. The summed E-state index contributed by atoms with van der Waals surface area (Å²) in [6, 6.07) is 65.3. The summed E-state index contributed by atoms with van der Waals surface area (Å²) in [7, 11) is 7.35. The maximum absolute atomic E-state index is 13.3. The van der Waals surface area contributed by atoms with E-state index in [1.807, 2.05) is 118 Å². The number of halogens is 3. The average Bonchev–Trinajstić information content (AvgIpc) is 1.61. The summed E-state index contributed by atoms with van der Waals surface area (Å²) in [5.74, 6) is -5.38. The number of alkyl halides is 3. The first-order chi connectivity index (χ1) is 68.4. The molecule has 8 aromatic carbocycles. The molecule has 4 atom stereocenters. The fourth-order valence-electron chi connectivity index (χ4n) is 17.4. The number of aryl methyl sites for hydroxylation is 5. The lowest BCUT2D eigenvalue weighted by Crippen LogP contribution is -2.36. The molecule has 10 heterocycles. The number of nitrogens with zero attached hydrogens (tertiary/aromatic N) is 14. The molecule has 143 heavy (non-hydrogen) atoms. The molecule has 33 heteroatoms. The van der Waals surface area contributed by atoms with E-state index in [2.05, 4.69) is 84.9 Å². The van der Waals surface area contributed by atoms with E-state index in [-0.39, 0.29) is 74.3 Å². The summed E-state index contributed by atoms with van der Waals surface area (Å²) in [5, 5.41) is 69.4. The predicted molar refractivity (Wildman–Crippen MR) is 535 cm³/mol. The third-order valence-corrected chi connectivity index (χ3v) is 25.3. The Labute approximate surface area is 824 Å². The summed E-state index contributed by atoms with van der Waals surface area (Å²) in [4.78, 5) is 122. The zero-order valence-electron chi connectivity index (χ0n) is 81.0. The van der Waals surface area contributed by atoms with E-state index in [0.29, 0.717) is 81.4 Å². The number of ketones is 4. The van der Waals surface area contributed by atoms with Crippen LogP contribution in [0.5, 0.6) is 17.2 Å². The Kier molecular flexibility index (Phi) is 30.8. The first kappa shape index (κ1) is 101. The van der Waals surface area contributed by atoms with E-state index < -0.39 is 88.8 Å². The maximum Gasteiger partial charge on any atom is 0.573 e. The van der Waals surface area contributed by atoms with Gasteiger partial charge in [0.25, 0.3) is 29.0 Å². The van der Waals surface area contributed by atoms with Gasteiger partial charge >= 0.3 is 24.1 Å². The van der Waals surface area contributed by atoms with E-state index in [0.717, 1.165) is 101 Å². The molecule has 0 spiro atoms. The van der Waals surface area contributed by atoms with Gasteiger partial charge in [-0.15, -0.1) is 28.5 Å². The van der Waals surface area contributed by atoms with Gasteiger partial charge in [-0.05, 0) is 233 Å². The van der Waals surface area contributed by atoms with Crippen molar-refractivity contribution < 1.29 is 90.9 Å². The highest BCUT2D eigenvalue weighted by Crippen LogP contribution is 2.48. The molecule has 0 aliphatic carbocycles. The second kappa shape index (κ2) is 43.5. The summed E-state index contributed by atoms with van der Waals surface area (Å²) in [6.07, 6.45) is -1.22. The summed E-state index contributed by atoms with van der Waals surface area (Å²) >= 11 is 0. The highest BCUT2D eigenvalue weighted by atomic mass is 19.4. The second-order valence-electron chi connectivity index (χ2n) is 36.1. The molecule has 734 valence electrons. The number of piperidine rings is 1. The van der Waals surface area contributed by atoms with Crippen molar-refractivity contribution in [2.24, 2.45) is 0 Å². The van der Waals surface area contributed by atoms with Crippen molar-refractivity contribution in [2.75, 3.05) is 97.0 Å². The molecular formula is C110H107F3N14O16. The van der Waals surface area contributed by atoms with E-state index in [4.69, 9.17) is 14.2 Å². The van der Waals surface area contributed by atoms with Gasteiger partial charge < -0.3 is 54.1 Å². The normalized spacial score (nSPS) is 18.8. The van der Waals surface area contributed by atoms with Crippen molar-refractivity contribution in [2.45, 2.75) is 124 Å². The van der Waals surface area contributed by atoms with Gasteiger partial charge in [0.2, 0.25) is 0 Å². The Morgan fingerprint density at radius 3 is 1.07 bits per heavy atom. The molecule has 0 bridgehead atoms. The highest BCUT2D eigenvalue weighted by molar-refractivity contribution is 6.54. The summed E-state index contributed by atoms with van der Waals surface area (Å²) < 4.78 is 58.6. The number of aromatic nitrogens is 7. The Bertz CT molecular complexity index is 6840. The number of aliphatic hydroxyl groups is 4. The van der Waals surface area contributed by atoms with E-state index in [1.54, 1.807) is 161 Å². The number of aliphatic hydroxyl groups excluding tert-OH is 4. The molecule has 0 radical (unpaired) electrons. The molecule has 6 aliphatic rings. The molecule has 4 unspecified atom stereocenters. The fourth-order valence-corrected chi connectivity index (χ4v) is 17.4. The first-order valence-corrected chi connectivity index (χ1v) is 46.4. The third kappa shape index (κ3) is 22.4. The van der Waals surface area contributed by atoms with E-state index in [1.165, 1.54) is 32.9 Å². The highest BCUT2D eigenvalue weighted by Gasteiger charge is 2.52. The Hall–Kier alpha value is -16.4. The Morgan fingerprint density at radius 1 is 0.392 bits per heavy atom. The van der Waals surface area contributed by atoms with Gasteiger partial charge in [0.05, 0.1) is 95.7 Å². The van der Waals surface area contributed by atoms with Gasteiger partial charge in [-0.3, -0.25) is 62.9 Å². The lowest BCUT2D eigenvalue weighted by molar-refractivity contribution is -0.274. The molecule has 30 nitrogen and oxygen atoms in total. The van der Waals surface area contributed by atoms with Gasteiger partial charge in [0, 0.05) is 79.6 Å². The number of benzene rings is 8. The van der Waals surface area contributed by atoms with Crippen LogP contribution in [-0.2, 0) is 43.1 Å². The number of carbonyl (C=O) groups excluding carboxylic acids is 8. The number of morpholine rings is 1. The third-order valence-electron chi connectivity index (χ3n) is 25.3. The molecule has 0 saturated carbocycles. The summed E-state index contributed by atoms with van der Waals surface area (Å²) in [6.45, 7) is 22.4. The van der Waals surface area contributed by atoms with Crippen molar-refractivity contribution in [3.05, 3.63) is 355 Å². The van der Waals surface area contributed by atoms with Crippen molar-refractivity contribution in [3.8, 4) is 17.2 Å². The van der Waals surface area contributed by atoms with Gasteiger partial charge in [-0.1, -0.05) is 142 Å². The van der Waals surface area contributed by atoms with Crippen LogP contribution < -0.4 is 43.6 Å². The second-order valence-corrected chi connectivity index (χ2v) is 36.1. The van der Waals surface area contributed by atoms with Crippen LogP contribution >= 0.6 is 0 Å². The average molecular weight is 1940 g/mol. The van der Waals surface area contributed by atoms with Crippen molar-refractivity contribution in [1.29, 1.82) is 0 Å². The minimum absolute atomic E-state index is 0.00772. The minimum atomic E-state index is -4.88. The smallest absolute Gasteiger partial charge is 0.507 e. The molecule has 6 aliphatic heterocycles. The van der Waals surface area contributed by atoms with E-state index in [9.17, 15) is 72.0 Å². The molecule has 4 N–H and O–H groups in total. The van der Waals surface area contributed by atoms with Gasteiger partial charge in [0.1, 0.15) is 46.4 Å². The van der Waals surface area contributed by atoms with E-state index >= 15 is 0 Å². The maximum atomic E-state index is 13.3. The van der Waals surface area contributed by atoms with Crippen LogP contribution in [0.1, 0.15) is 161 Å². The number of likely N-dealkylation sites (tertiary alicyclic amines) is 1. The van der Waals surface area contributed by atoms with Crippen LogP contribution in [-0.4, -0.2) is 188 Å². The molecule has 6 fully saturated rings. The zero-order chi connectivity index (χ0) is 102. The Balaban J connectivity index is 0.000000144. The molecule has 6 saturated heterocycles. The molecule has 4 aromatic heterocycles. The Morgan fingerprint density at radius 2 is 0.720 bits per heavy atom. The van der Waals surface area contributed by atoms with Gasteiger partial charge in [0.15, 0.2) is 17.5 Å². The monoisotopic (exact) mass is 1940 g/mol. The lowest BCUT2D eigenvalue weighted by Gasteiger charge is -2.29. The fraction of sp³-hybridized carbons (Fsp3) is 0.264. The van der Waals surface area contributed by atoms with Crippen LogP contribution in [0, 0.1) is 34.6 Å². The number of carbonyl (C=O) groups is 8. The first-order valence-electron chi connectivity index (χ1n) is 46.4. The number of Topliss-reactive ketones (excluding diaryl/α,β-unsaturated/α-hetero) is 4. The summed E-state index contributed by atoms with van der Waals surface area (Å²) in [5.41, 5.74) is 12.3. The van der Waals surface area contributed by atoms with Crippen molar-refractivity contribution >= 4 is 104 Å². The van der Waals surface area contributed by atoms with Crippen LogP contribution in [0.2, 0.25) is 0 Å². The van der Waals surface area contributed by atoms with Crippen LogP contribution in [0.25, 0.3) is 23.0 Å². The molecular weight excluding hydrogens is 1830 g/mol. The van der Waals surface area contributed by atoms with Crippen LogP contribution in [0.15, 0.2) is 271 Å². The molecule has 18 rings (SSSR count). The number of ether oxygens (including phenoxy) is 4. The molecule has 12 aromatic rings. The standard InChI is InChI=1S/C29H30N4O4.C29H30N2O3.C27H26N4O5.C25H21F3N4O4/c1-18-4-7-21(8-5-18)27(34)25-26(33(29(36)28(25)35)24-13-6-19(2)30-31-24)20-9-11-22(12-10-20)37-23-14-16-32(3)17-15-23;1-17(2)20-7-11-22(12-8-20)26-25(27(32)23-13-9-21(10-14-23)18(3)4)28(33)29(34)31(26)24-15-6-19(5)30-16-24;1-17-3-12-22(29-28-17)31-24(18-6-10-21(35-2)11-7-18)23(26(33)27(31)34)25(32)19-4-8-20(9-5-19)30-13-15-36-16-14-30;1-14-4-13-19(30-29-14)32-21(15-7-11-18(12-8-15)36-25(26,27)28)20(23(34)24(32)35)22(33)16-5-9-17(10-6-16)31(2)3/h4-13,23,26,34H,14-17H2,1-3H3;6-18,26,32H,1-5H3;3-12,24,32H,13-16H2,1-2H3;4-13,21,33H,1-3H3. The SMILES string of the molecule is COc1ccc(C2C(=C(O)c3ccc(N4CCOCC4)cc3)C(=O)C(=O)N2c2ccc(C)nn2)cc1.Cc1ccc(C(O)=C2C(=O)C(=O)N(c3ccc(C)nn3)C2c2ccc(OC3CCN(C)CC3)cc2)cc1.Cc1ccc(N2C(=O)C(=O)C(=C(O)c3ccc(C(C)C)cc3)C2c2ccc(C(C)C)cc2)cn1.Cc1ccc(N2C(=O)C(=O)C(=C(O)c3ccc(N(C)C)cc3)C2c2ccc(OC(F)(F)F)cc2)nn1. The van der Waals surface area contributed by atoms with Crippen molar-refractivity contribution in [3.63, 3.8) is 0 Å². The van der Waals surface area contributed by atoms with Crippen LogP contribution in [0.3, 0.4) is 0 Å². The zero-order valence-corrected chi connectivity index (χ0v) is 81.0. The number of hydrogen-bond donors (Lipinski definition) is 4. The predicted octanol–water partition coefficient (Wildman–Crippen LogP) is 18.1. The largest absolute Gasteiger partial charge is 0.573 e. The number of amides is 4. The number of anilines is 6. The minimum Gasteiger partial charge on any atom is -0.507 e. The van der Waals surface area contributed by atoms with Crippen LogP contribution in [0.4, 0.5) is 47.7 Å². The number of methoxy groups -OCH3 is 1. The van der Waals surface area contributed by atoms with Gasteiger partial charge in [-0.25, -0.2) is 0 Å². The van der Waals surface area contributed by atoms with Crippen molar-refractivity contribution in [1.82, 2.24) is 40.5 Å². The topological polar surface area (TPSA) is 367 Å². The number of pyridine rings is 1. The molecule has 4 amide bonds. The number of hydrogen-bond acceptors (Lipinski definition) is 26.